The Morgan fingerprint density at radius 3 is 2.59 bits per heavy atom. The number of H-pyrrole nitrogens is 1. The fourth-order valence-electron chi connectivity index (χ4n) is 4.32. The summed E-state index contributed by atoms with van der Waals surface area (Å²) < 4.78 is 22.3. The van der Waals surface area contributed by atoms with Crippen molar-refractivity contribution in [1.29, 1.82) is 0 Å². The van der Waals surface area contributed by atoms with Crippen LogP contribution in [0.15, 0.2) is 6.07 Å². The van der Waals surface area contributed by atoms with Crippen LogP contribution in [-0.2, 0) is 11.2 Å². The minimum absolute atomic E-state index is 0.311. The third-order valence-electron chi connectivity index (χ3n) is 5.68. The number of aromatic nitrogens is 1. The summed E-state index contributed by atoms with van der Waals surface area (Å²) >= 11 is 0. The summed E-state index contributed by atoms with van der Waals surface area (Å²) in [6.45, 7) is 5.76. The normalized spacial score (nSPS) is 20.5. The van der Waals surface area contributed by atoms with Crippen LogP contribution in [0.5, 0.6) is 17.2 Å². The van der Waals surface area contributed by atoms with Crippen LogP contribution >= 0.6 is 0 Å². The van der Waals surface area contributed by atoms with Gasteiger partial charge in [-0.25, -0.2) is 0 Å². The highest BCUT2D eigenvalue weighted by atomic mass is 16.5. The smallest absolute Gasteiger partial charge is 0.204 e. The van der Waals surface area contributed by atoms with Gasteiger partial charge in [-0.15, -0.1) is 0 Å². The van der Waals surface area contributed by atoms with Gasteiger partial charge in [-0.3, -0.25) is 4.90 Å². The number of fused-ring (bicyclic) bond motifs is 3. The summed E-state index contributed by atoms with van der Waals surface area (Å²) in [6.07, 6.45) is 2.03. The minimum Gasteiger partial charge on any atom is -0.493 e. The molecule has 1 saturated heterocycles. The van der Waals surface area contributed by atoms with Gasteiger partial charge in [0.25, 0.3) is 0 Å². The van der Waals surface area contributed by atoms with Crippen molar-refractivity contribution in [3.8, 4) is 17.2 Å². The zero-order chi connectivity index (χ0) is 18.8. The van der Waals surface area contributed by atoms with Crippen LogP contribution in [0.25, 0.3) is 10.9 Å². The Bertz CT molecular complexity index is 798. The number of ether oxygens (including phenoxy) is 4. The lowest BCUT2D eigenvalue weighted by molar-refractivity contribution is 0.0360. The molecule has 7 nitrogen and oxygen atoms in total. The van der Waals surface area contributed by atoms with Crippen LogP contribution < -0.4 is 19.5 Å². The number of methoxy groups -OCH3 is 3. The molecule has 2 N–H and O–H groups in total. The Morgan fingerprint density at radius 2 is 1.89 bits per heavy atom. The van der Waals surface area contributed by atoms with E-state index in [4.69, 9.17) is 18.9 Å². The van der Waals surface area contributed by atoms with E-state index >= 15 is 0 Å². The van der Waals surface area contributed by atoms with Gasteiger partial charge in [-0.2, -0.15) is 0 Å². The van der Waals surface area contributed by atoms with Crippen LogP contribution in [-0.4, -0.2) is 70.6 Å². The first-order valence-electron chi connectivity index (χ1n) is 9.63. The van der Waals surface area contributed by atoms with Gasteiger partial charge in [0.1, 0.15) is 0 Å². The van der Waals surface area contributed by atoms with Crippen molar-refractivity contribution in [3.05, 3.63) is 17.3 Å². The molecule has 1 fully saturated rings. The summed E-state index contributed by atoms with van der Waals surface area (Å²) in [4.78, 5) is 6.11. The third kappa shape index (κ3) is 3.35. The molecule has 0 saturated carbocycles. The Labute approximate surface area is 159 Å². The molecule has 0 radical (unpaired) electrons. The number of rotatable bonds is 6. The van der Waals surface area contributed by atoms with E-state index in [0.29, 0.717) is 17.5 Å². The molecule has 4 rings (SSSR count). The van der Waals surface area contributed by atoms with Gasteiger partial charge in [0.2, 0.25) is 5.75 Å². The van der Waals surface area contributed by atoms with E-state index < -0.39 is 0 Å². The molecular weight excluding hydrogens is 346 g/mol. The van der Waals surface area contributed by atoms with Crippen LogP contribution in [0.3, 0.4) is 0 Å². The monoisotopic (exact) mass is 375 g/mol. The highest BCUT2D eigenvalue weighted by Gasteiger charge is 2.28. The van der Waals surface area contributed by atoms with Crippen LogP contribution in [0.2, 0.25) is 0 Å². The lowest BCUT2D eigenvalue weighted by atomic mass is 9.96. The van der Waals surface area contributed by atoms with E-state index in [0.717, 1.165) is 68.9 Å². The first-order valence-corrected chi connectivity index (χ1v) is 9.63. The standard InChI is InChI=1S/C20H29N3O4/c1-24-16-12-15-17(20(26-3)19(16)25-2)13-4-6-21-14(18(13)22-15)5-7-23-8-10-27-11-9-23/h12,14,21-22H,4-11H2,1-3H3/t14-/m0/s1. The van der Waals surface area contributed by atoms with Gasteiger partial charge in [-0.1, -0.05) is 0 Å². The van der Waals surface area contributed by atoms with Crippen LogP contribution in [0.1, 0.15) is 23.7 Å². The molecule has 1 atom stereocenters. The zero-order valence-corrected chi connectivity index (χ0v) is 16.4. The Kier molecular flexibility index (Phi) is 5.43. The number of aromatic amines is 1. The summed E-state index contributed by atoms with van der Waals surface area (Å²) in [5.41, 5.74) is 3.63. The summed E-state index contributed by atoms with van der Waals surface area (Å²) in [7, 11) is 4.99. The average molecular weight is 375 g/mol. The average Bonchev–Trinajstić information content (AvgIpc) is 3.10. The van der Waals surface area contributed by atoms with Crippen molar-refractivity contribution < 1.29 is 18.9 Å². The first kappa shape index (κ1) is 18.4. The van der Waals surface area contributed by atoms with Crippen molar-refractivity contribution in [3.63, 3.8) is 0 Å². The number of morpholine rings is 1. The molecule has 0 aliphatic carbocycles. The lowest BCUT2D eigenvalue weighted by Gasteiger charge is -2.30. The fourth-order valence-corrected chi connectivity index (χ4v) is 4.32. The van der Waals surface area contributed by atoms with Crippen molar-refractivity contribution in [2.24, 2.45) is 0 Å². The molecule has 148 valence electrons. The van der Waals surface area contributed by atoms with Gasteiger partial charge >= 0.3 is 0 Å². The van der Waals surface area contributed by atoms with Crippen molar-refractivity contribution >= 4 is 10.9 Å². The predicted molar refractivity (Wildman–Crippen MR) is 104 cm³/mol. The molecule has 2 aromatic rings. The quantitative estimate of drug-likeness (QED) is 0.806. The fraction of sp³-hybridized carbons (Fsp3) is 0.600. The number of hydrogen-bond donors (Lipinski definition) is 2. The van der Waals surface area contributed by atoms with Crippen molar-refractivity contribution in [2.75, 3.05) is 60.7 Å². The van der Waals surface area contributed by atoms with E-state index in [9.17, 15) is 0 Å². The molecule has 0 spiro atoms. The molecule has 2 aliphatic rings. The van der Waals surface area contributed by atoms with Crippen LogP contribution in [0, 0.1) is 0 Å². The Hall–Kier alpha value is -1.96. The van der Waals surface area contributed by atoms with E-state index in [2.05, 4.69) is 15.2 Å². The van der Waals surface area contributed by atoms with Gasteiger partial charge in [0.05, 0.1) is 40.1 Å². The summed E-state index contributed by atoms with van der Waals surface area (Å²) in [5, 5.41) is 4.79. The predicted octanol–water partition coefficient (Wildman–Crippen LogP) is 2.10. The number of nitrogens with one attached hydrogen (secondary N) is 2. The molecule has 1 aromatic heterocycles. The second-order valence-corrected chi connectivity index (χ2v) is 7.08. The Balaban J connectivity index is 1.68. The Morgan fingerprint density at radius 1 is 1.11 bits per heavy atom. The van der Waals surface area contributed by atoms with E-state index in [-0.39, 0.29) is 0 Å². The third-order valence-corrected chi connectivity index (χ3v) is 5.68. The molecule has 2 aliphatic heterocycles. The maximum Gasteiger partial charge on any atom is 0.204 e. The lowest BCUT2D eigenvalue weighted by Crippen LogP contribution is -2.39. The maximum absolute atomic E-state index is 5.74. The second-order valence-electron chi connectivity index (χ2n) is 7.08. The van der Waals surface area contributed by atoms with Crippen molar-refractivity contribution in [1.82, 2.24) is 15.2 Å². The van der Waals surface area contributed by atoms with Crippen molar-refractivity contribution in [2.45, 2.75) is 18.9 Å². The number of nitrogens with zero attached hydrogens (tertiary/aromatic N) is 1. The number of benzene rings is 1. The van der Waals surface area contributed by atoms with Gasteiger partial charge in [-0.05, 0) is 24.9 Å². The molecule has 3 heterocycles. The molecule has 0 amide bonds. The van der Waals surface area contributed by atoms with Crippen LogP contribution in [0.4, 0.5) is 0 Å². The summed E-state index contributed by atoms with van der Waals surface area (Å²) in [5.74, 6) is 2.08. The largest absolute Gasteiger partial charge is 0.493 e. The van der Waals surface area contributed by atoms with Gasteiger partial charge < -0.3 is 29.2 Å². The molecule has 1 aromatic carbocycles. The highest BCUT2D eigenvalue weighted by molar-refractivity contribution is 5.95. The summed E-state index contributed by atoms with van der Waals surface area (Å²) in [6, 6.07) is 2.32. The van der Waals surface area contributed by atoms with E-state index in [1.165, 1.54) is 11.3 Å². The molecule has 7 heteroatoms. The van der Waals surface area contributed by atoms with E-state index in [1.807, 2.05) is 6.07 Å². The maximum atomic E-state index is 5.74. The molecule has 0 bridgehead atoms. The SMILES string of the molecule is COc1cc2[nH]c3c(c2c(OC)c1OC)CCN[C@H]3CCN1CCOCC1. The number of hydrogen-bond acceptors (Lipinski definition) is 6. The molecule has 0 unspecified atom stereocenters. The molecular formula is C20H29N3O4. The van der Waals surface area contributed by atoms with Gasteiger partial charge in [0.15, 0.2) is 11.5 Å². The second kappa shape index (κ2) is 7.96. The minimum atomic E-state index is 0.311. The molecule has 27 heavy (non-hydrogen) atoms. The van der Waals surface area contributed by atoms with Gasteiger partial charge in [0, 0.05) is 42.8 Å². The zero-order valence-electron chi connectivity index (χ0n) is 16.4. The highest BCUT2D eigenvalue weighted by Crippen LogP contribution is 2.46. The first-order chi connectivity index (χ1) is 13.3. The van der Waals surface area contributed by atoms with E-state index in [1.54, 1.807) is 21.3 Å². The topological polar surface area (TPSA) is 68.0 Å².